The SMILES string of the molecule is C1=C(c2cccnc2)CC2(C1)CCCN2.CC. The molecule has 0 saturated carbocycles. The quantitative estimate of drug-likeness (QED) is 0.799. The molecule has 1 spiro atoms. The minimum absolute atomic E-state index is 0.394. The van der Waals surface area contributed by atoms with E-state index in [2.05, 4.69) is 22.4 Å². The topological polar surface area (TPSA) is 24.9 Å². The number of rotatable bonds is 1. The Kier molecular flexibility index (Phi) is 3.95. The van der Waals surface area contributed by atoms with Gasteiger partial charge in [-0.3, -0.25) is 4.98 Å². The van der Waals surface area contributed by atoms with E-state index in [1.807, 2.05) is 32.3 Å². The molecule has 0 radical (unpaired) electrons. The number of pyridine rings is 1. The van der Waals surface area contributed by atoms with Crippen LogP contribution in [-0.2, 0) is 0 Å². The van der Waals surface area contributed by atoms with Gasteiger partial charge in [0, 0.05) is 17.9 Å². The van der Waals surface area contributed by atoms with Crippen LogP contribution < -0.4 is 5.32 Å². The molecule has 1 aromatic heterocycles. The molecule has 1 atom stereocenters. The first-order valence-electron chi connectivity index (χ1n) is 6.73. The summed E-state index contributed by atoms with van der Waals surface area (Å²) in [5.41, 5.74) is 3.16. The molecule has 1 N–H and O–H groups in total. The molecule has 92 valence electrons. The third kappa shape index (κ3) is 2.58. The molecule has 2 heteroatoms. The molecule has 0 bridgehead atoms. The van der Waals surface area contributed by atoms with E-state index < -0.39 is 0 Å². The molecule has 17 heavy (non-hydrogen) atoms. The van der Waals surface area contributed by atoms with Crippen LogP contribution in [0.4, 0.5) is 0 Å². The molecule has 0 aromatic carbocycles. The molecule has 1 fully saturated rings. The smallest absolute Gasteiger partial charge is 0.0342 e. The summed E-state index contributed by atoms with van der Waals surface area (Å²) in [7, 11) is 0. The fraction of sp³-hybridized carbons (Fsp3) is 0.533. The minimum Gasteiger partial charge on any atom is -0.311 e. The zero-order valence-electron chi connectivity index (χ0n) is 10.9. The number of nitrogens with zero attached hydrogens (tertiary/aromatic N) is 1. The van der Waals surface area contributed by atoms with Gasteiger partial charge in [-0.15, -0.1) is 0 Å². The van der Waals surface area contributed by atoms with E-state index in [-0.39, 0.29) is 0 Å². The molecule has 1 unspecified atom stereocenters. The standard InChI is InChI=1S/C13H16N2.C2H6/c1-3-12(10-14-7-1)11-4-6-13(9-11)5-2-8-15-13;1-2/h1,3-4,7,10,15H,2,5-6,8-9H2;1-2H3. The summed E-state index contributed by atoms with van der Waals surface area (Å²) in [6.07, 6.45) is 11.2. The van der Waals surface area contributed by atoms with Crippen molar-refractivity contribution in [1.29, 1.82) is 0 Å². The van der Waals surface area contributed by atoms with Crippen molar-refractivity contribution >= 4 is 5.57 Å². The lowest BCUT2D eigenvalue weighted by Gasteiger charge is -2.23. The van der Waals surface area contributed by atoms with Crippen LogP contribution in [0, 0.1) is 0 Å². The predicted octanol–water partition coefficient (Wildman–Crippen LogP) is 3.41. The zero-order valence-corrected chi connectivity index (χ0v) is 10.9. The normalized spacial score (nSPS) is 26.6. The fourth-order valence-electron chi connectivity index (χ4n) is 2.79. The van der Waals surface area contributed by atoms with Crippen LogP contribution in [0.25, 0.3) is 5.57 Å². The first-order chi connectivity index (χ1) is 8.38. The Morgan fingerprint density at radius 3 is 2.88 bits per heavy atom. The van der Waals surface area contributed by atoms with Gasteiger partial charge in [0.25, 0.3) is 0 Å². The lowest BCUT2D eigenvalue weighted by Crippen LogP contribution is -2.36. The van der Waals surface area contributed by atoms with Crippen molar-refractivity contribution in [3.05, 3.63) is 36.2 Å². The third-order valence-corrected chi connectivity index (χ3v) is 3.63. The van der Waals surface area contributed by atoms with Gasteiger partial charge in [0.2, 0.25) is 0 Å². The van der Waals surface area contributed by atoms with Crippen molar-refractivity contribution in [2.24, 2.45) is 0 Å². The first-order valence-corrected chi connectivity index (χ1v) is 6.73. The van der Waals surface area contributed by atoms with Gasteiger partial charge in [-0.05, 0) is 49.4 Å². The highest BCUT2D eigenvalue weighted by molar-refractivity contribution is 5.68. The molecule has 1 saturated heterocycles. The molecular formula is C15H22N2. The molecular weight excluding hydrogens is 208 g/mol. The lowest BCUT2D eigenvalue weighted by molar-refractivity contribution is 0.406. The second kappa shape index (κ2) is 5.46. The van der Waals surface area contributed by atoms with Gasteiger partial charge < -0.3 is 5.32 Å². The molecule has 1 aliphatic carbocycles. The van der Waals surface area contributed by atoms with Crippen LogP contribution in [0.2, 0.25) is 0 Å². The minimum atomic E-state index is 0.394. The maximum Gasteiger partial charge on any atom is 0.0342 e. The van der Waals surface area contributed by atoms with Gasteiger partial charge in [-0.1, -0.05) is 26.0 Å². The van der Waals surface area contributed by atoms with Crippen LogP contribution in [0.1, 0.15) is 45.1 Å². The van der Waals surface area contributed by atoms with E-state index >= 15 is 0 Å². The Morgan fingerprint density at radius 1 is 1.35 bits per heavy atom. The summed E-state index contributed by atoms with van der Waals surface area (Å²) < 4.78 is 0. The molecule has 2 heterocycles. The fourth-order valence-corrected chi connectivity index (χ4v) is 2.79. The van der Waals surface area contributed by atoms with E-state index in [1.165, 1.54) is 43.4 Å². The van der Waals surface area contributed by atoms with Crippen LogP contribution in [0.3, 0.4) is 0 Å². The van der Waals surface area contributed by atoms with E-state index in [9.17, 15) is 0 Å². The lowest BCUT2D eigenvalue weighted by atomic mass is 9.92. The Balaban J connectivity index is 0.000000514. The summed E-state index contributed by atoms with van der Waals surface area (Å²) in [6.45, 7) is 5.19. The molecule has 1 aliphatic heterocycles. The van der Waals surface area contributed by atoms with Crippen LogP contribution in [0.15, 0.2) is 30.6 Å². The zero-order chi connectivity index (χ0) is 12.1. The van der Waals surface area contributed by atoms with E-state index in [0.717, 1.165) is 0 Å². The number of aromatic nitrogens is 1. The van der Waals surface area contributed by atoms with Crippen molar-refractivity contribution in [3.63, 3.8) is 0 Å². The van der Waals surface area contributed by atoms with Gasteiger partial charge >= 0.3 is 0 Å². The Labute approximate surface area is 104 Å². The maximum absolute atomic E-state index is 4.18. The molecule has 0 amide bonds. The monoisotopic (exact) mass is 230 g/mol. The third-order valence-electron chi connectivity index (χ3n) is 3.63. The summed E-state index contributed by atoms with van der Waals surface area (Å²) in [5.74, 6) is 0. The van der Waals surface area contributed by atoms with Gasteiger partial charge in [-0.25, -0.2) is 0 Å². The van der Waals surface area contributed by atoms with Crippen molar-refractivity contribution in [1.82, 2.24) is 10.3 Å². The molecule has 3 rings (SSSR count). The van der Waals surface area contributed by atoms with Crippen molar-refractivity contribution in [3.8, 4) is 0 Å². The second-order valence-electron chi connectivity index (χ2n) is 4.66. The molecule has 2 nitrogen and oxygen atoms in total. The van der Waals surface area contributed by atoms with E-state index in [0.29, 0.717) is 5.54 Å². The summed E-state index contributed by atoms with van der Waals surface area (Å²) >= 11 is 0. The van der Waals surface area contributed by atoms with Crippen molar-refractivity contribution in [2.75, 3.05) is 6.54 Å². The van der Waals surface area contributed by atoms with Gasteiger partial charge in [0.05, 0.1) is 0 Å². The van der Waals surface area contributed by atoms with Crippen LogP contribution >= 0.6 is 0 Å². The van der Waals surface area contributed by atoms with Crippen LogP contribution in [0.5, 0.6) is 0 Å². The van der Waals surface area contributed by atoms with Crippen molar-refractivity contribution < 1.29 is 0 Å². The second-order valence-corrected chi connectivity index (χ2v) is 4.66. The van der Waals surface area contributed by atoms with E-state index in [1.54, 1.807) is 0 Å². The Bertz CT molecular complexity index is 375. The Hall–Kier alpha value is -1.15. The van der Waals surface area contributed by atoms with Gasteiger partial charge in [-0.2, -0.15) is 0 Å². The largest absolute Gasteiger partial charge is 0.311 e. The summed E-state index contributed by atoms with van der Waals surface area (Å²) in [6, 6.07) is 4.18. The molecule has 1 aromatic rings. The highest BCUT2D eigenvalue weighted by atomic mass is 15.0. The molecule has 2 aliphatic rings. The summed E-state index contributed by atoms with van der Waals surface area (Å²) in [5, 5.41) is 3.66. The van der Waals surface area contributed by atoms with Gasteiger partial charge in [0.1, 0.15) is 0 Å². The average molecular weight is 230 g/mol. The van der Waals surface area contributed by atoms with Crippen molar-refractivity contribution in [2.45, 2.75) is 45.1 Å². The Morgan fingerprint density at radius 2 is 2.24 bits per heavy atom. The van der Waals surface area contributed by atoms with Gasteiger partial charge in [0.15, 0.2) is 0 Å². The number of hydrogen-bond donors (Lipinski definition) is 1. The number of nitrogens with one attached hydrogen (secondary N) is 1. The summed E-state index contributed by atoms with van der Waals surface area (Å²) in [4.78, 5) is 4.18. The highest BCUT2D eigenvalue weighted by Crippen LogP contribution is 2.39. The highest BCUT2D eigenvalue weighted by Gasteiger charge is 2.36. The average Bonchev–Trinajstić information content (AvgIpc) is 3.04. The number of hydrogen-bond acceptors (Lipinski definition) is 2. The predicted molar refractivity (Wildman–Crippen MR) is 72.8 cm³/mol. The maximum atomic E-state index is 4.18. The van der Waals surface area contributed by atoms with E-state index in [4.69, 9.17) is 0 Å². The first kappa shape index (κ1) is 12.3. The van der Waals surface area contributed by atoms with Crippen LogP contribution in [-0.4, -0.2) is 17.1 Å².